The van der Waals surface area contributed by atoms with E-state index in [1.807, 2.05) is 43.3 Å². The summed E-state index contributed by atoms with van der Waals surface area (Å²) in [5.41, 5.74) is 4.11. The molecule has 0 saturated carbocycles. The maximum atomic E-state index is 12.1. The normalized spacial score (nSPS) is 12.8. The van der Waals surface area contributed by atoms with Gasteiger partial charge in [-0.3, -0.25) is 4.89 Å². The summed E-state index contributed by atoms with van der Waals surface area (Å²) < 4.78 is 22.3. The van der Waals surface area contributed by atoms with Gasteiger partial charge in [0.2, 0.25) is 0 Å². The molecule has 0 aliphatic heterocycles. The summed E-state index contributed by atoms with van der Waals surface area (Å²) in [6.07, 6.45) is 0. The maximum Gasteiger partial charge on any atom is 0.584 e. The van der Waals surface area contributed by atoms with Crippen LogP contribution in [0.4, 0.5) is 0 Å². The summed E-state index contributed by atoms with van der Waals surface area (Å²) in [5, 5.41) is 0. The number of benzene rings is 3. The number of para-hydroxylation sites is 1. The summed E-state index contributed by atoms with van der Waals surface area (Å²) >= 11 is 0. The van der Waals surface area contributed by atoms with Gasteiger partial charge >= 0.3 is 7.82 Å². The van der Waals surface area contributed by atoms with Crippen molar-refractivity contribution in [3.63, 3.8) is 0 Å². The van der Waals surface area contributed by atoms with Gasteiger partial charge in [-0.2, -0.15) is 0 Å². The van der Waals surface area contributed by atoms with E-state index in [1.165, 1.54) is 0 Å². The summed E-state index contributed by atoms with van der Waals surface area (Å²) in [4.78, 5) is 9.89. The van der Waals surface area contributed by atoms with Crippen LogP contribution in [-0.2, 0) is 4.57 Å². The van der Waals surface area contributed by atoms with E-state index >= 15 is 0 Å². The van der Waals surface area contributed by atoms with E-state index in [2.05, 4.69) is 6.58 Å². The summed E-state index contributed by atoms with van der Waals surface area (Å²) in [7, 11) is -4.25. The third-order valence-corrected chi connectivity index (χ3v) is 4.63. The van der Waals surface area contributed by atoms with Crippen molar-refractivity contribution in [1.82, 2.24) is 0 Å². The van der Waals surface area contributed by atoms with Crippen LogP contribution in [0.25, 0.3) is 16.7 Å². The Kier molecular flexibility index (Phi) is 5.27. The SMILES string of the molecule is C=C(C)c1ccc(-c2ccc(OP(=O)(O)Oc3ccccc3)cc2)cc1. The number of hydrogen-bond donors (Lipinski definition) is 1. The van der Waals surface area contributed by atoms with Gasteiger partial charge in [0, 0.05) is 0 Å². The molecule has 1 atom stereocenters. The fourth-order valence-corrected chi connectivity index (χ4v) is 3.24. The molecule has 0 bridgehead atoms. The molecule has 0 heterocycles. The molecule has 0 radical (unpaired) electrons. The van der Waals surface area contributed by atoms with E-state index in [-0.39, 0.29) is 11.5 Å². The first-order chi connectivity index (χ1) is 12.4. The first-order valence-electron chi connectivity index (χ1n) is 8.06. The third kappa shape index (κ3) is 4.63. The second kappa shape index (κ2) is 7.61. The molecule has 4 nitrogen and oxygen atoms in total. The van der Waals surface area contributed by atoms with E-state index in [1.54, 1.807) is 42.5 Å². The number of hydrogen-bond acceptors (Lipinski definition) is 3. The molecule has 0 saturated heterocycles. The first-order valence-corrected chi connectivity index (χ1v) is 9.56. The monoisotopic (exact) mass is 366 g/mol. The van der Waals surface area contributed by atoms with Crippen molar-refractivity contribution in [3.8, 4) is 22.6 Å². The lowest BCUT2D eigenvalue weighted by atomic mass is 10.0. The predicted octanol–water partition coefficient (Wildman–Crippen LogP) is 5.94. The lowest BCUT2D eigenvalue weighted by molar-refractivity contribution is 0.291. The van der Waals surface area contributed by atoms with Gasteiger partial charge < -0.3 is 9.05 Å². The highest BCUT2D eigenvalue weighted by Crippen LogP contribution is 2.44. The average Bonchev–Trinajstić information content (AvgIpc) is 2.62. The van der Waals surface area contributed by atoms with Crippen LogP contribution in [0.3, 0.4) is 0 Å². The van der Waals surface area contributed by atoms with Crippen LogP contribution in [0.2, 0.25) is 0 Å². The van der Waals surface area contributed by atoms with E-state index in [0.29, 0.717) is 0 Å². The predicted molar refractivity (Wildman–Crippen MR) is 104 cm³/mol. The lowest BCUT2D eigenvalue weighted by Gasteiger charge is -2.14. The molecule has 0 spiro atoms. The Bertz CT molecular complexity index is 932. The molecular weight excluding hydrogens is 347 g/mol. The zero-order valence-corrected chi connectivity index (χ0v) is 15.2. The highest BCUT2D eigenvalue weighted by atomic mass is 31.2. The maximum absolute atomic E-state index is 12.1. The lowest BCUT2D eigenvalue weighted by Crippen LogP contribution is -1.99. The standard InChI is InChI=1S/C21H19O4P/c1-16(2)17-8-10-18(11-9-17)19-12-14-21(15-13-19)25-26(22,23)24-20-6-4-3-5-7-20/h3-15H,1H2,2H3,(H,22,23). The summed E-state index contributed by atoms with van der Waals surface area (Å²) in [6.45, 7) is 5.89. The molecule has 0 fully saturated rings. The Morgan fingerprint density at radius 3 is 1.77 bits per heavy atom. The van der Waals surface area contributed by atoms with Gasteiger partial charge in [-0.25, -0.2) is 4.57 Å². The molecule has 26 heavy (non-hydrogen) atoms. The van der Waals surface area contributed by atoms with Crippen LogP contribution < -0.4 is 9.05 Å². The Balaban J connectivity index is 1.71. The van der Waals surface area contributed by atoms with Crippen LogP contribution in [0, 0.1) is 0 Å². The van der Waals surface area contributed by atoms with Crippen LogP contribution in [-0.4, -0.2) is 4.89 Å². The summed E-state index contributed by atoms with van der Waals surface area (Å²) in [5.74, 6) is 0.529. The number of rotatable bonds is 6. The van der Waals surface area contributed by atoms with Gasteiger partial charge in [-0.1, -0.05) is 66.7 Å². The molecule has 0 aromatic heterocycles. The van der Waals surface area contributed by atoms with Crippen molar-refractivity contribution in [2.24, 2.45) is 0 Å². The molecule has 0 aliphatic carbocycles. The second-order valence-corrected chi connectivity index (χ2v) is 7.15. The highest BCUT2D eigenvalue weighted by Gasteiger charge is 2.24. The number of allylic oxidation sites excluding steroid dienone is 1. The van der Waals surface area contributed by atoms with E-state index < -0.39 is 7.82 Å². The van der Waals surface area contributed by atoms with Crippen molar-refractivity contribution in [2.75, 3.05) is 0 Å². The van der Waals surface area contributed by atoms with Gasteiger partial charge in [0.25, 0.3) is 0 Å². The fourth-order valence-electron chi connectivity index (χ4n) is 2.42. The minimum absolute atomic E-state index is 0.258. The Morgan fingerprint density at radius 1 is 0.808 bits per heavy atom. The van der Waals surface area contributed by atoms with Crippen molar-refractivity contribution >= 4 is 13.4 Å². The molecule has 1 unspecified atom stereocenters. The Labute approximate surface area is 153 Å². The summed E-state index contributed by atoms with van der Waals surface area (Å²) in [6, 6.07) is 23.4. The third-order valence-electron chi connectivity index (χ3n) is 3.75. The van der Waals surface area contributed by atoms with E-state index in [9.17, 15) is 9.46 Å². The van der Waals surface area contributed by atoms with Gasteiger partial charge in [0.1, 0.15) is 11.5 Å². The highest BCUT2D eigenvalue weighted by molar-refractivity contribution is 7.48. The van der Waals surface area contributed by atoms with Crippen molar-refractivity contribution < 1.29 is 18.5 Å². The van der Waals surface area contributed by atoms with Gasteiger partial charge in [0.15, 0.2) is 0 Å². The van der Waals surface area contributed by atoms with Crippen LogP contribution in [0.5, 0.6) is 11.5 Å². The second-order valence-electron chi connectivity index (χ2n) is 5.85. The van der Waals surface area contributed by atoms with Gasteiger partial charge in [-0.15, -0.1) is 0 Å². The van der Waals surface area contributed by atoms with Gasteiger partial charge in [0.05, 0.1) is 0 Å². The minimum Gasteiger partial charge on any atom is -0.395 e. The van der Waals surface area contributed by atoms with Crippen molar-refractivity contribution in [3.05, 3.63) is 91.0 Å². The van der Waals surface area contributed by atoms with Crippen LogP contribution >= 0.6 is 7.82 Å². The first kappa shape index (κ1) is 18.0. The molecule has 0 amide bonds. The van der Waals surface area contributed by atoms with Crippen molar-refractivity contribution in [2.45, 2.75) is 6.92 Å². The molecule has 132 valence electrons. The fraction of sp³-hybridized carbons (Fsp3) is 0.0476. The molecular formula is C21H19O4P. The number of phosphoric ester groups is 1. The minimum atomic E-state index is -4.25. The van der Waals surface area contributed by atoms with E-state index in [0.717, 1.165) is 22.3 Å². The molecule has 3 aromatic rings. The zero-order valence-electron chi connectivity index (χ0n) is 14.3. The Morgan fingerprint density at radius 2 is 1.27 bits per heavy atom. The Hall–Kier alpha value is -2.81. The molecule has 5 heteroatoms. The van der Waals surface area contributed by atoms with Crippen LogP contribution in [0.15, 0.2) is 85.4 Å². The smallest absolute Gasteiger partial charge is 0.395 e. The molecule has 0 aliphatic rings. The molecule has 1 N–H and O–H groups in total. The van der Waals surface area contributed by atoms with E-state index in [4.69, 9.17) is 9.05 Å². The quantitative estimate of drug-likeness (QED) is 0.548. The van der Waals surface area contributed by atoms with Crippen molar-refractivity contribution in [1.29, 1.82) is 0 Å². The largest absolute Gasteiger partial charge is 0.584 e. The molecule has 3 rings (SSSR count). The average molecular weight is 366 g/mol. The number of phosphoric acid groups is 1. The van der Waals surface area contributed by atoms with Gasteiger partial charge in [-0.05, 0) is 47.9 Å². The van der Waals surface area contributed by atoms with Crippen LogP contribution in [0.1, 0.15) is 12.5 Å². The topological polar surface area (TPSA) is 55.8 Å². The molecule has 3 aromatic carbocycles. The zero-order chi connectivity index (χ0) is 18.6.